The normalized spacial score (nSPS) is 11.8. The summed E-state index contributed by atoms with van der Waals surface area (Å²) in [4.78, 5) is 15.6. The number of furan rings is 1. The first kappa shape index (κ1) is 35.8. The lowest BCUT2D eigenvalue weighted by molar-refractivity contribution is 0.597. The molecule has 10 aromatic rings. The van der Waals surface area contributed by atoms with Crippen molar-refractivity contribution in [1.29, 1.82) is 0 Å². The van der Waals surface area contributed by atoms with E-state index in [2.05, 4.69) is 117 Å². The van der Waals surface area contributed by atoms with Crippen molar-refractivity contribution in [3.8, 4) is 51.0 Å². The zero-order valence-electron chi connectivity index (χ0n) is 33.1. The average Bonchev–Trinajstić information content (AvgIpc) is 3.79. The van der Waals surface area contributed by atoms with Gasteiger partial charge in [-0.05, 0) is 73.9 Å². The van der Waals surface area contributed by atoms with E-state index >= 15 is 0 Å². The van der Waals surface area contributed by atoms with Crippen LogP contribution in [0.5, 0.6) is 0 Å². The van der Waals surface area contributed by atoms with E-state index in [0.717, 1.165) is 66.8 Å². The van der Waals surface area contributed by atoms with Gasteiger partial charge in [0.05, 0.1) is 16.7 Å². The van der Waals surface area contributed by atoms with Crippen molar-refractivity contribution in [3.05, 3.63) is 211 Å². The molecular weight excluding hydrogens is 721 g/mol. The minimum Gasteiger partial charge on any atom is -0.456 e. The summed E-state index contributed by atoms with van der Waals surface area (Å²) in [5.41, 5.74) is 14.5. The van der Waals surface area contributed by atoms with Gasteiger partial charge in [0.1, 0.15) is 11.3 Å². The highest BCUT2D eigenvalue weighted by Crippen LogP contribution is 2.41. The van der Waals surface area contributed by atoms with Gasteiger partial charge in [0, 0.05) is 44.0 Å². The molecular formula is C54H40N4O. The van der Waals surface area contributed by atoms with Crippen LogP contribution in [0.4, 0.5) is 0 Å². The molecule has 282 valence electrons. The van der Waals surface area contributed by atoms with Crippen molar-refractivity contribution < 1.29 is 4.42 Å². The van der Waals surface area contributed by atoms with Crippen LogP contribution < -0.4 is 0 Å². The van der Waals surface area contributed by atoms with Gasteiger partial charge < -0.3 is 8.98 Å². The molecule has 0 radical (unpaired) electrons. The van der Waals surface area contributed by atoms with Crippen molar-refractivity contribution in [3.63, 3.8) is 0 Å². The molecule has 0 N–H and O–H groups in total. The van der Waals surface area contributed by atoms with E-state index in [1.807, 2.05) is 91.0 Å². The number of aromatic nitrogens is 4. The van der Waals surface area contributed by atoms with Gasteiger partial charge in [-0.25, -0.2) is 15.0 Å². The number of benzene rings is 7. The maximum absolute atomic E-state index is 6.59. The number of fused-ring (bicyclic) bond motifs is 4. The third kappa shape index (κ3) is 6.43. The molecule has 0 bridgehead atoms. The molecule has 0 saturated heterocycles. The Hall–Kier alpha value is -7.63. The number of nitrogens with zero attached hydrogens (tertiary/aromatic N) is 4. The van der Waals surface area contributed by atoms with Gasteiger partial charge in [-0.15, -0.1) is 0 Å². The maximum Gasteiger partial charge on any atom is 0.166 e. The molecule has 7 aromatic carbocycles. The van der Waals surface area contributed by atoms with E-state index in [0.29, 0.717) is 17.5 Å². The monoisotopic (exact) mass is 760 g/mol. The van der Waals surface area contributed by atoms with E-state index in [1.165, 1.54) is 33.0 Å². The van der Waals surface area contributed by atoms with Crippen LogP contribution in [0.15, 0.2) is 187 Å². The predicted molar refractivity (Wildman–Crippen MR) is 244 cm³/mol. The summed E-state index contributed by atoms with van der Waals surface area (Å²) < 4.78 is 8.94. The minimum absolute atomic E-state index is 0.562. The fraction of sp³-hybridized carbons (Fsp3) is 0.0556. The van der Waals surface area contributed by atoms with Crippen LogP contribution in [-0.4, -0.2) is 19.5 Å². The second-order valence-electron chi connectivity index (χ2n) is 15.1. The number of para-hydroxylation sites is 2. The van der Waals surface area contributed by atoms with Crippen LogP contribution in [0.25, 0.3) is 89.3 Å². The first-order chi connectivity index (χ1) is 28.9. The fourth-order valence-corrected chi connectivity index (χ4v) is 8.41. The van der Waals surface area contributed by atoms with Gasteiger partial charge in [-0.3, -0.25) is 0 Å². The van der Waals surface area contributed by atoms with Gasteiger partial charge in [0.15, 0.2) is 17.5 Å². The summed E-state index contributed by atoms with van der Waals surface area (Å²) in [6, 6.07) is 57.2. The Morgan fingerprint density at radius 3 is 1.81 bits per heavy atom. The van der Waals surface area contributed by atoms with Gasteiger partial charge in [-0.1, -0.05) is 157 Å². The highest BCUT2D eigenvalue weighted by Gasteiger charge is 2.23. The fourth-order valence-electron chi connectivity index (χ4n) is 8.41. The van der Waals surface area contributed by atoms with Crippen LogP contribution in [0.1, 0.15) is 28.0 Å². The molecule has 3 aromatic heterocycles. The summed E-state index contributed by atoms with van der Waals surface area (Å²) in [7, 11) is 0. The summed E-state index contributed by atoms with van der Waals surface area (Å²) >= 11 is 0. The van der Waals surface area contributed by atoms with Crippen LogP contribution in [-0.2, 0) is 0 Å². The first-order valence-electron chi connectivity index (χ1n) is 19.9. The van der Waals surface area contributed by atoms with E-state index in [-0.39, 0.29) is 0 Å². The van der Waals surface area contributed by atoms with Gasteiger partial charge >= 0.3 is 0 Å². The third-order valence-electron chi connectivity index (χ3n) is 11.1. The zero-order chi connectivity index (χ0) is 40.0. The third-order valence-corrected chi connectivity index (χ3v) is 11.1. The molecule has 0 aliphatic heterocycles. The SMILES string of the molecule is C=C/C=C(/c1ccc(-n2c3ccccc3c3cc(-c4cc(C)cc(C)c4)ccc32)c(-c2nc(-c3ccccc3)nc(-c3ccccc3)n2)c1)c1oc2ccccc2c1C. The van der Waals surface area contributed by atoms with Crippen molar-refractivity contribution in [2.45, 2.75) is 20.8 Å². The standard InChI is InChI=1S/C54H40N4O/c1-5-16-43(51-36(4)42-21-13-15-24-50(42)59-51)40-26-28-49(46(33-40)54-56-52(37-17-8-6-9-18-37)55-53(57-54)38-19-10-7-11-20-38)58-47-23-14-12-22-44(47)45-32-39(25-27-48(45)58)41-30-34(2)29-35(3)31-41/h5-33H,1H2,2-4H3/b43-16-. The lowest BCUT2D eigenvalue weighted by atomic mass is 9.96. The number of hydrogen-bond acceptors (Lipinski definition) is 4. The van der Waals surface area contributed by atoms with E-state index in [9.17, 15) is 0 Å². The molecule has 10 rings (SSSR count). The van der Waals surface area contributed by atoms with Crippen molar-refractivity contribution >= 4 is 38.3 Å². The van der Waals surface area contributed by atoms with Gasteiger partial charge in [0.25, 0.3) is 0 Å². The van der Waals surface area contributed by atoms with Gasteiger partial charge in [-0.2, -0.15) is 0 Å². The average molecular weight is 761 g/mol. The summed E-state index contributed by atoms with van der Waals surface area (Å²) in [5.74, 6) is 2.56. The van der Waals surface area contributed by atoms with Crippen LogP contribution in [0.3, 0.4) is 0 Å². The molecule has 0 unspecified atom stereocenters. The molecule has 3 heterocycles. The molecule has 0 fully saturated rings. The van der Waals surface area contributed by atoms with Crippen molar-refractivity contribution in [2.75, 3.05) is 0 Å². The Morgan fingerprint density at radius 1 is 0.525 bits per heavy atom. The number of allylic oxidation sites excluding steroid dienone is 2. The molecule has 5 heteroatoms. The van der Waals surface area contributed by atoms with Crippen molar-refractivity contribution in [1.82, 2.24) is 19.5 Å². The maximum atomic E-state index is 6.59. The topological polar surface area (TPSA) is 56.7 Å². The Morgan fingerprint density at radius 2 is 1.14 bits per heavy atom. The number of rotatable bonds is 8. The van der Waals surface area contributed by atoms with E-state index in [1.54, 1.807) is 0 Å². The van der Waals surface area contributed by atoms with Crippen LogP contribution in [0.2, 0.25) is 0 Å². The summed E-state index contributed by atoms with van der Waals surface area (Å²) in [6.45, 7) is 10.5. The van der Waals surface area contributed by atoms with Gasteiger partial charge in [0.2, 0.25) is 0 Å². The Bertz CT molecular complexity index is 3180. The lowest BCUT2D eigenvalue weighted by Crippen LogP contribution is -2.04. The van der Waals surface area contributed by atoms with Crippen LogP contribution in [0, 0.1) is 20.8 Å². The molecule has 59 heavy (non-hydrogen) atoms. The second kappa shape index (κ2) is 14.7. The lowest BCUT2D eigenvalue weighted by Gasteiger charge is -2.17. The van der Waals surface area contributed by atoms with E-state index < -0.39 is 0 Å². The highest BCUT2D eigenvalue weighted by molar-refractivity contribution is 6.11. The molecule has 0 amide bonds. The predicted octanol–water partition coefficient (Wildman–Crippen LogP) is 13.9. The largest absolute Gasteiger partial charge is 0.456 e. The Kier molecular flexibility index (Phi) is 8.91. The summed E-state index contributed by atoms with van der Waals surface area (Å²) in [6.07, 6.45) is 3.84. The minimum atomic E-state index is 0.562. The number of hydrogen-bond donors (Lipinski definition) is 0. The molecule has 0 aliphatic rings. The molecule has 0 saturated carbocycles. The zero-order valence-corrected chi connectivity index (χ0v) is 33.1. The Balaban J connectivity index is 1.27. The quantitative estimate of drug-likeness (QED) is 0.145. The molecule has 5 nitrogen and oxygen atoms in total. The number of aryl methyl sites for hydroxylation is 3. The summed E-state index contributed by atoms with van der Waals surface area (Å²) in [5, 5.41) is 3.42. The van der Waals surface area contributed by atoms with Crippen molar-refractivity contribution in [2.24, 2.45) is 0 Å². The molecule has 0 spiro atoms. The van der Waals surface area contributed by atoms with E-state index in [4.69, 9.17) is 19.4 Å². The van der Waals surface area contributed by atoms with Crippen LogP contribution >= 0.6 is 0 Å². The smallest absolute Gasteiger partial charge is 0.166 e. The molecule has 0 atom stereocenters. The molecule has 0 aliphatic carbocycles. The Labute approximate surface area is 343 Å². The highest BCUT2D eigenvalue weighted by atomic mass is 16.3. The second-order valence-corrected chi connectivity index (χ2v) is 15.1. The first-order valence-corrected chi connectivity index (χ1v) is 19.9.